The van der Waals surface area contributed by atoms with E-state index in [1.54, 1.807) is 11.6 Å². The molecule has 1 aliphatic carbocycles. The Bertz CT molecular complexity index is 983. The van der Waals surface area contributed by atoms with Crippen molar-refractivity contribution in [3.63, 3.8) is 0 Å². The van der Waals surface area contributed by atoms with Gasteiger partial charge in [0.15, 0.2) is 17.1 Å². The predicted molar refractivity (Wildman–Crippen MR) is 93.8 cm³/mol. The maximum Gasteiger partial charge on any atom is 0.185 e. The molecule has 1 aliphatic rings. The minimum absolute atomic E-state index is 0.0243. The maximum atomic E-state index is 12.3. The zero-order chi connectivity index (χ0) is 17.6. The lowest BCUT2D eigenvalue weighted by Crippen LogP contribution is -2.23. The minimum atomic E-state index is 0.0243. The molecule has 2 heterocycles. The van der Waals surface area contributed by atoms with Crippen molar-refractivity contribution in [3.05, 3.63) is 46.4 Å². The molecule has 7 heteroatoms. The second-order valence-corrected chi connectivity index (χ2v) is 6.87. The summed E-state index contributed by atoms with van der Waals surface area (Å²) in [7, 11) is 1.62. The summed E-state index contributed by atoms with van der Waals surface area (Å²) in [6, 6.07) is 7.53. The second kappa shape index (κ2) is 6.20. The molecule has 6 nitrogen and oxygen atoms in total. The molecule has 0 fully saturated rings. The van der Waals surface area contributed by atoms with Gasteiger partial charge in [-0.1, -0.05) is 30.7 Å². The third-order valence-electron chi connectivity index (χ3n) is 4.44. The van der Waals surface area contributed by atoms with Crippen molar-refractivity contribution in [1.82, 2.24) is 19.8 Å². The Kier molecular flexibility index (Phi) is 4.01. The van der Waals surface area contributed by atoms with Crippen LogP contribution in [0.1, 0.15) is 35.2 Å². The lowest BCUT2D eigenvalue weighted by Gasteiger charge is -2.19. The topological polar surface area (TPSA) is 69.4 Å². The number of Topliss-reactive ketones (excluding diaryl/α,β-unsaturated/α-hetero) is 1. The Morgan fingerprint density at radius 2 is 2.16 bits per heavy atom. The summed E-state index contributed by atoms with van der Waals surface area (Å²) >= 11 is 6.16. The SMILES string of the molecule is COCc1nn2c3c(nnc2c1-c1cccc(Cl)c1)C(=O)C[C@H](C)C3. The molecular formula is C18H17ClN4O2. The number of hydrogen-bond acceptors (Lipinski definition) is 5. The van der Waals surface area contributed by atoms with Crippen LogP contribution in [0.25, 0.3) is 16.8 Å². The van der Waals surface area contributed by atoms with Crippen molar-refractivity contribution in [2.24, 2.45) is 5.92 Å². The molecule has 0 aliphatic heterocycles. The second-order valence-electron chi connectivity index (χ2n) is 6.43. The fraction of sp³-hybridized carbons (Fsp3) is 0.333. The van der Waals surface area contributed by atoms with Crippen molar-refractivity contribution in [2.75, 3.05) is 7.11 Å². The van der Waals surface area contributed by atoms with Crippen LogP contribution in [0.5, 0.6) is 0 Å². The van der Waals surface area contributed by atoms with Crippen LogP contribution in [0.4, 0.5) is 0 Å². The molecule has 0 saturated carbocycles. The van der Waals surface area contributed by atoms with Crippen molar-refractivity contribution in [2.45, 2.75) is 26.4 Å². The molecule has 2 aromatic heterocycles. The van der Waals surface area contributed by atoms with Crippen molar-refractivity contribution in [1.29, 1.82) is 0 Å². The largest absolute Gasteiger partial charge is 0.378 e. The number of aromatic nitrogens is 4. The Morgan fingerprint density at radius 3 is 2.92 bits per heavy atom. The molecule has 0 radical (unpaired) electrons. The summed E-state index contributed by atoms with van der Waals surface area (Å²) in [4.78, 5) is 12.3. The summed E-state index contributed by atoms with van der Waals surface area (Å²) in [6.07, 6.45) is 1.25. The normalized spacial score (nSPS) is 17.1. The number of fused-ring (bicyclic) bond motifs is 3. The molecule has 1 aromatic carbocycles. The number of methoxy groups -OCH3 is 1. The molecule has 0 spiro atoms. The average molecular weight is 357 g/mol. The van der Waals surface area contributed by atoms with Crippen LogP contribution >= 0.6 is 11.6 Å². The number of carbonyl (C=O) groups excluding carboxylic acids is 1. The maximum absolute atomic E-state index is 12.3. The van der Waals surface area contributed by atoms with Gasteiger partial charge < -0.3 is 4.74 Å². The van der Waals surface area contributed by atoms with Gasteiger partial charge in [0.25, 0.3) is 0 Å². The number of hydrogen-bond donors (Lipinski definition) is 0. The third kappa shape index (κ3) is 2.71. The molecular weight excluding hydrogens is 340 g/mol. The molecule has 1 atom stereocenters. The van der Waals surface area contributed by atoms with Crippen LogP contribution in [-0.2, 0) is 17.8 Å². The molecule has 3 aromatic rings. The molecule has 0 unspecified atom stereocenters. The van der Waals surface area contributed by atoms with E-state index in [1.165, 1.54) is 0 Å². The average Bonchev–Trinajstić information content (AvgIpc) is 2.93. The van der Waals surface area contributed by atoms with Crippen LogP contribution in [0.2, 0.25) is 5.02 Å². The zero-order valence-electron chi connectivity index (χ0n) is 14.0. The summed E-state index contributed by atoms with van der Waals surface area (Å²) in [5.41, 5.74) is 4.35. The highest BCUT2D eigenvalue weighted by atomic mass is 35.5. The number of halogens is 1. The van der Waals surface area contributed by atoms with Crippen molar-refractivity contribution < 1.29 is 9.53 Å². The van der Waals surface area contributed by atoms with Crippen LogP contribution in [0.15, 0.2) is 24.3 Å². The van der Waals surface area contributed by atoms with Gasteiger partial charge in [-0.3, -0.25) is 4.79 Å². The van der Waals surface area contributed by atoms with Gasteiger partial charge in [-0.25, -0.2) is 4.52 Å². The number of ketones is 1. The quantitative estimate of drug-likeness (QED) is 0.719. The van der Waals surface area contributed by atoms with Gasteiger partial charge in [-0.05, 0) is 30.0 Å². The Labute approximate surface area is 149 Å². The fourth-order valence-electron chi connectivity index (χ4n) is 3.38. The van der Waals surface area contributed by atoms with E-state index in [0.29, 0.717) is 29.4 Å². The summed E-state index contributed by atoms with van der Waals surface area (Å²) in [5, 5.41) is 13.8. The number of rotatable bonds is 3. The number of ether oxygens (including phenoxy) is 1. The molecule has 4 rings (SSSR count). The fourth-order valence-corrected chi connectivity index (χ4v) is 3.57. The first-order valence-electron chi connectivity index (χ1n) is 8.13. The highest BCUT2D eigenvalue weighted by Crippen LogP contribution is 2.32. The standard InChI is InChI=1S/C18H17ClN4O2/c1-10-6-14-17(15(24)7-10)20-21-18-16(11-4-3-5-12(19)8-11)13(9-25-2)22-23(14)18/h3-5,8,10H,6-7,9H2,1-2H3/t10-/m1/s1. The first-order chi connectivity index (χ1) is 12.1. The lowest BCUT2D eigenvalue weighted by atomic mass is 9.90. The molecule has 0 N–H and O–H groups in total. The van der Waals surface area contributed by atoms with Gasteiger partial charge in [-0.2, -0.15) is 5.10 Å². The molecule has 0 saturated heterocycles. The minimum Gasteiger partial charge on any atom is -0.378 e. The van der Waals surface area contributed by atoms with E-state index in [1.807, 2.05) is 24.3 Å². The van der Waals surface area contributed by atoms with Crippen molar-refractivity contribution in [3.8, 4) is 11.1 Å². The summed E-state index contributed by atoms with van der Waals surface area (Å²) < 4.78 is 7.06. The highest BCUT2D eigenvalue weighted by molar-refractivity contribution is 6.30. The molecule has 25 heavy (non-hydrogen) atoms. The van der Waals surface area contributed by atoms with E-state index in [0.717, 1.165) is 28.9 Å². The van der Waals surface area contributed by atoms with E-state index in [4.69, 9.17) is 16.3 Å². The monoisotopic (exact) mass is 356 g/mol. The molecule has 128 valence electrons. The van der Waals surface area contributed by atoms with Crippen LogP contribution < -0.4 is 0 Å². The number of carbonyl (C=O) groups is 1. The van der Waals surface area contributed by atoms with Gasteiger partial charge in [-0.15, -0.1) is 10.2 Å². The molecule has 0 bridgehead atoms. The Morgan fingerprint density at radius 1 is 1.32 bits per heavy atom. The highest BCUT2D eigenvalue weighted by Gasteiger charge is 2.29. The smallest absolute Gasteiger partial charge is 0.185 e. The van der Waals surface area contributed by atoms with E-state index in [2.05, 4.69) is 22.2 Å². The van der Waals surface area contributed by atoms with E-state index in [-0.39, 0.29) is 11.7 Å². The first kappa shape index (κ1) is 16.2. The van der Waals surface area contributed by atoms with Gasteiger partial charge >= 0.3 is 0 Å². The van der Waals surface area contributed by atoms with Crippen molar-refractivity contribution >= 4 is 23.0 Å². The summed E-state index contributed by atoms with van der Waals surface area (Å²) in [6.45, 7) is 2.40. The number of nitrogens with zero attached hydrogens (tertiary/aromatic N) is 4. The van der Waals surface area contributed by atoms with E-state index < -0.39 is 0 Å². The lowest BCUT2D eigenvalue weighted by molar-refractivity contribution is 0.0944. The molecule has 0 amide bonds. The van der Waals surface area contributed by atoms with Crippen LogP contribution in [0, 0.1) is 5.92 Å². The predicted octanol–water partition coefficient (Wildman–Crippen LogP) is 3.36. The third-order valence-corrected chi connectivity index (χ3v) is 4.68. The van der Waals surface area contributed by atoms with Gasteiger partial charge in [0.1, 0.15) is 0 Å². The van der Waals surface area contributed by atoms with Crippen LogP contribution in [-0.4, -0.2) is 32.7 Å². The van der Waals surface area contributed by atoms with E-state index in [9.17, 15) is 4.79 Å². The Hall–Kier alpha value is -2.31. The Balaban J connectivity index is 2.01. The first-order valence-corrected chi connectivity index (χ1v) is 8.51. The number of benzene rings is 1. The van der Waals surface area contributed by atoms with Gasteiger partial charge in [0.05, 0.1) is 23.6 Å². The van der Waals surface area contributed by atoms with Crippen LogP contribution in [0.3, 0.4) is 0 Å². The van der Waals surface area contributed by atoms with Gasteiger partial charge in [0, 0.05) is 18.6 Å². The van der Waals surface area contributed by atoms with Gasteiger partial charge in [0.2, 0.25) is 0 Å². The summed E-state index contributed by atoms with van der Waals surface area (Å²) in [5.74, 6) is 0.286. The zero-order valence-corrected chi connectivity index (χ0v) is 14.7. The van der Waals surface area contributed by atoms with E-state index >= 15 is 0 Å².